The number of nitrogens with two attached hydrogens (primary N) is 1. The first-order valence-electron chi connectivity index (χ1n) is 9.22. The summed E-state index contributed by atoms with van der Waals surface area (Å²) >= 11 is 0. The summed E-state index contributed by atoms with van der Waals surface area (Å²) in [5.74, 6) is 1.08. The molecule has 2 aromatic rings. The molecular formula is C19H23N5O3. The average Bonchev–Trinajstić information content (AvgIpc) is 3.19. The number of fused-ring (bicyclic) bond motifs is 1. The Morgan fingerprint density at radius 1 is 1.22 bits per heavy atom. The van der Waals surface area contributed by atoms with Gasteiger partial charge in [0, 0.05) is 26.2 Å². The molecule has 1 atom stereocenters. The Balaban J connectivity index is 1.47. The van der Waals surface area contributed by atoms with Crippen molar-refractivity contribution in [3.05, 3.63) is 47.7 Å². The van der Waals surface area contributed by atoms with Crippen LogP contribution in [-0.4, -0.2) is 57.9 Å². The lowest BCUT2D eigenvalue weighted by atomic mass is 10.1. The van der Waals surface area contributed by atoms with E-state index in [0.717, 1.165) is 44.0 Å². The van der Waals surface area contributed by atoms with Crippen LogP contribution < -0.4 is 5.73 Å². The molecule has 1 saturated heterocycles. The average molecular weight is 369 g/mol. The lowest BCUT2D eigenvalue weighted by molar-refractivity contribution is 0.0795. The molecule has 1 amide bonds. The fourth-order valence-electron chi connectivity index (χ4n) is 3.49. The van der Waals surface area contributed by atoms with E-state index in [4.69, 9.17) is 10.2 Å². The molecule has 0 aliphatic carbocycles. The van der Waals surface area contributed by atoms with Crippen molar-refractivity contribution < 1.29 is 14.3 Å². The minimum atomic E-state index is -0.471. The van der Waals surface area contributed by atoms with Gasteiger partial charge in [-0.3, -0.25) is 14.7 Å². The maximum atomic E-state index is 12.9. The first kappa shape index (κ1) is 17.5. The van der Waals surface area contributed by atoms with Gasteiger partial charge in [0.1, 0.15) is 12.0 Å². The van der Waals surface area contributed by atoms with Crippen molar-refractivity contribution >= 4 is 11.9 Å². The second-order valence-corrected chi connectivity index (χ2v) is 6.88. The molecule has 1 aromatic carbocycles. The fraction of sp³-hybridized carbons (Fsp3) is 0.421. The van der Waals surface area contributed by atoms with Crippen LogP contribution in [0.25, 0.3) is 0 Å². The van der Waals surface area contributed by atoms with E-state index >= 15 is 0 Å². The summed E-state index contributed by atoms with van der Waals surface area (Å²) in [6.07, 6.45) is 3.80. The number of aromatic nitrogens is 1. The molecule has 8 heteroatoms. The Hall–Kier alpha value is -2.87. The van der Waals surface area contributed by atoms with E-state index in [1.165, 1.54) is 6.26 Å². The molecular weight excluding hydrogens is 346 g/mol. The van der Waals surface area contributed by atoms with Crippen LogP contribution in [0, 0.1) is 0 Å². The van der Waals surface area contributed by atoms with Crippen molar-refractivity contribution in [2.24, 2.45) is 10.7 Å². The quantitative estimate of drug-likeness (QED) is 0.846. The number of guanidine groups is 1. The molecule has 1 aromatic heterocycles. The Morgan fingerprint density at radius 3 is 2.81 bits per heavy atom. The second kappa shape index (κ2) is 7.40. The van der Waals surface area contributed by atoms with Crippen LogP contribution in [0.3, 0.4) is 0 Å². The summed E-state index contributed by atoms with van der Waals surface area (Å²) < 4.78 is 5.48. The van der Waals surface area contributed by atoms with Crippen LogP contribution in [0.15, 0.2) is 39.9 Å². The van der Waals surface area contributed by atoms with Crippen molar-refractivity contribution in [3.8, 4) is 5.75 Å². The zero-order chi connectivity index (χ0) is 18.8. The first-order valence-corrected chi connectivity index (χ1v) is 9.22. The summed E-state index contributed by atoms with van der Waals surface area (Å²) in [5.41, 5.74) is 7.39. The number of phenolic OH excluding ortho intramolecular Hbond substituents is 1. The third-order valence-corrected chi connectivity index (χ3v) is 4.87. The first-order chi connectivity index (χ1) is 13.1. The molecule has 4 rings (SSSR count). The van der Waals surface area contributed by atoms with Crippen molar-refractivity contribution in [1.29, 1.82) is 0 Å². The molecule has 0 radical (unpaired) electrons. The van der Waals surface area contributed by atoms with Gasteiger partial charge in [-0.25, -0.2) is 4.98 Å². The number of aromatic hydroxyl groups is 1. The SMILES string of the molecule is NC(Cc1ccc(O)cc1)c1nc(C(=O)N2CCCN3CCCN=C32)co1. The van der Waals surface area contributed by atoms with Gasteiger partial charge >= 0.3 is 0 Å². The Bertz CT molecular complexity index is 845. The number of carbonyl (C=O) groups excluding carboxylic acids is 1. The molecule has 0 saturated carbocycles. The summed E-state index contributed by atoms with van der Waals surface area (Å²) in [6.45, 7) is 3.25. The molecule has 2 aliphatic heterocycles. The van der Waals surface area contributed by atoms with Gasteiger partial charge in [-0.2, -0.15) is 0 Å². The number of hydrogen-bond acceptors (Lipinski definition) is 7. The minimum Gasteiger partial charge on any atom is -0.508 e. The number of nitrogens with zero attached hydrogens (tertiary/aromatic N) is 4. The number of amides is 1. The third-order valence-electron chi connectivity index (χ3n) is 4.87. The van der Waals surface area contributed by atoms with Gasteiger partial charge in [0.15, 0.2) is 5.69 Å². The van der Waals surface area contributed by atoms with Crippen molar-refractivity contribution in [2.45, 2.75) is 25.3 Å². The van der Waals surface area contributed by atoms with Gasteiger partial charge in [-0.05, 0) is 37.0 Å². The predicted octanol–water partition coefficient (Wildman–Crippen LogP) is 1.53. The summed E-state index contributed by atoms with van der Waals surface area (Å²) in [5, 5.41) is 9.36. The highest BCUT2D eigenvalue weighted by Gasteiger charge is 2.32. The Labute approximate surface area is 157 Å². The normalized spacial score (nSPS) is 18.0. The highest BCUT2D eigenvalue weighted by molar-refractivity contribution is 6.05. The van der Waals surface area contributed by atoms with Crippen LogP contribution in [0.5, 0.6) is 5.75 Å². The van der Waals surface area contributed by atoms with E-state index in [9.17, 15) is 9.90 Å². The van der Waals surface area contributed by atoms with Gasteiger partial charge < -0.3 is 20.2 Å². The van der Waals surface area contributed by atoms with Crippen LogP contribution in [0.4, 0.5) is 0 Å². The van der Waals surface area contributed by atoms with Crippen LogP contribution >= 0.6 is 0 Å². The van der Waals surface area contributed by atoms with E-state index in [1.807, 2.05) is 0 Å². The Kier molecular flexibility index (Phi) is 4.81. The second-order valence-electron chi connectivity index (χ2n) is 6.88. The summed E-state index contributed by atoms with van der Waals surface area (Å²) in [7, 11) is 0. The van der Waals surface area contributed by atoms with E-state index in [-0.39, 0.29) is 17.4 Å². The van der Waals surface area contributed by atoms with Gasteiger partial charge in [-0.1, -0.05) is 12.1 Å². The van der Waals surface area contributed by atoms with Crippen LogP contribution in [0.1, 0.15) is 40.8 Å². The molecule has 2 aliphatic rings. The molecule has 1 fully saturated rings. The number of oxazole rings is 1. The highest BCUT2D eigenvalue weighted by atomic mass is 16.3. The predicted molar refractivity (Wildman–Crippen MR) is 99.4 cm³/mol. The third kappa shape index (κ3) is 3.66. The molecule has 142 valence electrons. The Morgan fingerprint density at radius 2 is 2.00 bits per heavy atom. The van der Waals surface area contributed by atoms with Gasteiger partial charge in [0.05, 0.1) is 6.04 Å². The summed E-state index contributed by atoms with van der Waals surface area (Å²) in [4.78, 5) is 25.6. The van der Waals surface area contributed by atoms with Crippen molar-refractivity contribution in [1.82, 2.24) is 14.8 Å². The molecule has 8 nitrogen and oxygen atoms in total. The maximum Gasteiger partial charge on any atom is 0.282 e. The zero-order valence-corrected chi connectivity index (χ0v) is 15.0. The molecule has 3 heterocycles. The number of aliphatic imine (C=N–C) groups is 1. The zero-order valence-electron chi connectivity index (χ0n) is 15.0. The van der Waals surface area contributed by atoms with Crippen molar-refractivity contribution in [3.63, 3.8) is 0 Å². The standard InChI is InChI=1S/C19H23N5O3/c20-15(11-13-3-5-14(25)6-4-13)17-22-16(12-27-17)18(26)24-10-2-9-23-8-1-7-21-19(23)24/h3-6,12,15,25H,1-2,7-11,20H2. The van der Waals surface area contributed by atoms with E-state index in [2.05, 4.69) is 14.9 Å². The highest BCUT2D eigenvalue weighted by Crippen LogP contribution is 2.20. The maximum absolute atomic E-state index is 12.9. The lowest BCUT2D eigenvalue weighted by Crippen LogP contribution is -2.54. The number of rotatable bonds is 4. The molecule has 1 unspecified atom stereocenters. The van der Waals surface area contributed by atoms with Crippen LogP contribution in [0.2, 0.25) is 0 Å². The minimum absolute atomic E-state index is 0.202. The van der Waals surface area contributed by atoms with E-state index < -0.39 is 6.04 Å². The molecule has 0 spiro atoms. The number of carbonyl (C=O) groups is 1. The van der Waals surface area contributed by atoms with Gasteiger partial charge in [0.25, 0.3) is 5.91 Å². The van der Waals surface area contributed by atoms with E-state index in [1.54, 1.807) is 29.2 Å². The number of benzene rings is 1. The van der Waals surface area contributed by atoms with Gasteiger partial charge in [-0.15, -0.1) is 0 Å². The number of phenols is 1. The van der Waals surface area contributed by atoms with Gasteiger partial charge in [0.2, 0.25) is 11.9 Å². The van der Waals surface area contributed by atoms with E-state index in [0.29, 0.717) is 18.9 Å². The molecule has 0 bridgehead atoms. The largest absolute Gasteiger partial charge is 0.508 e. The van der Waals surface area contributed by atoms with Crippen LogP contribution in [-0.2, 0) is 6.42 Å². The molecule has 27 heavy (non-hydrogen) atoms. The monoisotopic (exact) mass is 369 g/mol. The number of hydrogen-bond donors (Lipinski definition) is 2. The van der Waals surface area contributed by atoms with Crippen molar-refractivity contribution in [2.75, 3.05) is 26.2 Å². The smallest absolute Gasteiger partial charge is 0.282 e. The topological polar surface area (TPSA) is 108 Å². The fourth-order valence-corrected chi connectivity index (χ4v) is 3.49. The summed E-state index contributed by atoms with van der Waals surface area (Å²) in [6, 6.07) is 6.35. The lowest BCUT2D eigenvalue weighted by Gasteiger charge is -2.39. The molecule has 3 N–H and O–H groups in total.